The molecule has 0 saturated carbocycles. The normalized spacial score (nSPS) is 10.2. The third-order valence-electron chi connectivity index (χ3n) is 2.27. The standard InChI is InChI=1S/C12H13N2O2/c1-8-7-13-12(14-8)9-4-10(15-2)6-11(5-9)16-3/h4-6H,1-3H3,(H,13,14). The van der Waals surface area contributed by atoms with Gasteiger partial charge in [0, 0.05) is 17.3 Å². The molecule has 0 bridgehead atoms. The molecule has 0 fully saturated rings. The van der Waals surface area contributed by atoms with Crippen LogP contribution in [-0.4, -0.2) is 24.2 Å². The summed E-state index contributed by atoms with van der Waals surface area (Å²) in [7, 11) is 3.25. The van der Waals surface area contributed by atoms with Gasteiger partial charge in [0.2, 0.25) is 0 Å². The summed E-state index contributed by atoms with van der Waals surface area (Å²) in [6.07, 6.45) is 2.85. The lowest BCUT2D eigenvalue weighted by Crippen LogP contribution is -1.89. The fourth-order valence-electron chi connectivity index (χ4n) is 1.45. The molecule has 1 aromatic heterocycles. The molecule has 83 valence electrons. The van der Waals surface area contributed by atoms with Crippen LogP contribution in [0.15, 0.2) is 18.2 Å². The molecule has 0 saturated heterocycles. The number of H-pyrrole nitrogens is 1. The Hall–Kier alpha value is -1.97. The summed E-state index contributed by atoms with van der Waals surface area (Å²) in [6, 6.07) is 5.62. The molecule has 0 unspecified atom stereocenters. The van der Waals surface area contributed by atoms with E-state index in [2.05, 4.69) is 16.2 Å². The molecule has 1 radical (unpaired) electrons. The maximum atomic E-state index is 5.19. The lowest BCUT2D eigenvalue weighted by Gasteiger charge is -2.06. The molecule has 4 heteroatoms. The molecule has 0 amide bonds. The van der Waals surface area contributed by atoms with Crippen LogP contribution in [0.25, 0.3) is 11.4 Å². The van der Waals surface area contributed by atoms with Gasteiger partial charge in [-0.25, -0.2) is 4.98 Å². The number of aromatic amines is 1. The highest BCUT2D eigenvalue weighted by Gasteiger charge is 2.06. The fraction of sp³-hybridized carbons (Fsp3) is 0.250. The van der Waals surface area contributed by atoms with Crippen LogP contribution in [0.3, 0.4) is 0 Å². The van der Waals surface area contributed by atoms with Gasteiger partial charge in [0.1, 0.15) is 23.5 Å². The predicted octanol–water partition coefficient (Wildman–Crippen LogP) is 2.20. The first-order valence-electron chi connectivity index (χ1n) is 4.90. The van der Waals surface area contributed by atoms with Crippen molar-refractivity contribution in [3.8, 4) is 22.9 Å². The third-order valence-corrected chi connectivity index (χ3v) is 2.27. The summed E-state index contributed by atoms with van der Waals surface area (Å²) in [5, 5.41) is 0. The molecule has 2 rings (SSSR count). The van der Waals surface area contributed by atoms with Gasteiger partial charge in [0.05, 0.1) is 14.2 Å². The van der Waals surface area contributed by atoms with Crippen molar-refractivity contribution in [3.63, 3.8) is 0 Å². The number of benzene rings is 1. The van der Waals surface area contributed by atoms with Crippen molar-refractivity contribution < 1.29 is 9.47 Å². The first-order chi connectivity index (χ1) is 7.72. The smallest absolute Gasteiger partial charge is 0.138 e. The van der Waals surface area contributed by atoms with Crippen molar-refractivity contribution in [2.24, 2.45) is 0 Å². The minimum Gasteiger partial charge on any atom is -0.497 e. The fourth-order valence-corrected chi connectivity index (χ4v) is 1.45. The number of methoxy groups -OCH3 is 2. The second-order valence-electron chi connectivity index (χ2n) is 3.42. The topological polar surface area (TPSA) is 47.1 Å². The molecule has 0 aliphatic rings. The molecule has 2 aromatic rings. The van der Waals surface area contributed by atoms with E-state index >= 15 is 0 Å². The van der Waals surface area contributed by atoms with Crippen LogP contribution in [0.5, 0.6) is 11.5 Å². The molecule has 4 nitrogen and oxygen atoms in total. The SMILES string of the molecule is COc1cc(OC)cc(-c2n[c]c(C)[nH]2)c1. The third kappa shape index (κ3) is 2.00. The maximum absolute atomic E-state index is 5.19. The van der Waals surface area contributed by atoms with E-state index in [1.165, 1.54) is 0 Å². The Balaban J connectivity index is 2.47. The Morgan fingerprint density at radius 2 is 1.75 bits per heavy atom. The Bertz CT molecular complexity index is 469. The highest BCUT2D eigenvalue weighted by atomic mass is 16.5. The number of imidazole rings is 1. The average Bonchev–Trinajstić information content (AvgIpc) is 2.75. The number of aryl methyl sites for hydroxylation is 1. The molecule has 0 aliphatic carbocycles. The van der Waals surface area contributed by atoms with Crippen LogP contribution in [0.1, 0.15) is 5.69 Å². The molecule has 1 heterocycles. The van der Waals surface area contributed by atoms with E-state index in [9.17, 15) is 0 Å². The Morgan fingerprint density at radius 3 is 2.19 bits per heavy atom. The summed E-state index contributed by atoms with van der Waals surface area (Å²) in [6.45, 7) is 1.91. The summed E-state index contributed by atoms with van der Waals surface area (Å²) in [5.41, 5.74) is 1.82. The molecule has 1 aromatic carbocycles. The highest BCUT2D eigenvalue weighted by molar-refractivity contribution is 5.61. The van der Waals surface area contributed by atoms with Crippen LogP contribution in [0.2, 0.25) is 0 Å². The summed E-state index contributed by atoms with van der Waals surface area (Å²) < 4.78 is 10.4. The lowest BCUT2D eigenvalue weighted by molar-refractivity contribution is 0.394. The van der Waals surface area contributed by atoms with Crippen molar-refractivity contribution in [2.45, 2.75) is 6.92 Å². The van der Waals surface area contributed by atoms with E-state index in [1.54, 1.807) is 14.2 Å². The molecule has 0 spiro atoms. The summed E-state index contributed by atoms with van der Waals surface area (Å²) in [5.74, 6) is 2.24. The average molecular weight is 217 g/mol. The summed E-state index contributed by atoms with van der Waals surface area (Å²) >= 11 is 0. The largest absolute Gasteiger partial charge is 0.497 e. The van der Waals surface area contributed by atoms with E-state index in [0.29, 0.717) is 0 Å². The van der Waals surface area contributed by atoms with E-state index in [-0.39, 0.29) is 0 Å². The Kier molecular flexibility index (Phi) is 2.81. The number of nitrogens with zero attached hydrogens (tertiary/aromatic N) is 1. The van der Waals surface area contributed by atoms with Crippen LogP contribution in [0.4, 0.5) is 0 Å². The quantitative estimate of drug-likeness (QED) is 0.857. The van der Waals surface area contributed by atoms with Crippen molar-refractivity contribution in [1.29, 1.82) is 0 Å². The minimum atomic E-state index is 0.739. The number of hydrogen-bond acceptors (Lipinski definition) is 3. The van der Waals surface area contributed by atoms with Crippen molar-refractivity contribution in [2.75, 3.05) is 14.2 Å². The predicted molar refractivity (Wildman–Crippen MR) is 60.7 cm³/mol. The highest BCUT2D eigenvalue weighted by Crippen LogP contribution is 2.27. The van der Waals surface area contributed by atoms with Crippen molar-refractivity contribution >= 4 is 0 Å². The lowest BCUT2D eigenvalue weighted by atomic mass is 10.2. The zero-order chi connectivity index (χ0) is 11.5. The molecular weight excluding hydrogens is 204 g/mol. The number of ether oxygens (including phenoxy) is 2. The van der Waals surface area contributed by atoms with Gasteiger partial charge in [0.15, 0.2) is 0 Å². The van der Waals surface area contributed by atoms with Gasteiger partial charge in [-0.15, -0.1) is 0 Å². The van der Waals surface area contributed by atoms with Gasteiger partial charge in [-0.2, -0.15) is 0 Å². The maximum Gasteiger partial charge on any atom is 0.138 e. The van der Waals surface area contributed by atoms with Gasteiger partial charge >= 0.3 is 0 Å². The van der Waals surface area contributed by atoms with Crippen molar-refractivity contribution in [1.82, 2.24) is 9.97 Å². The van der Waals surface area contributed by atoms with Gasteiger partial charge in [-0.1, -0.05) is 0 Å². The van der Waals surface area contributed by atoms with Gasteiger partial charge in [0.25, 0.3) is 0 Å². The van der Waals surface area contributed by atoms with E-state index in [1.807, 2.05) is 25.1 Å². The molecular formula is C12H13N2O2. The second-order valence-corrected chi connectivity index (χ2v) is 3.42. The van der Waals surface area contributed by atoms with Gasteiger partial charge in [-0.05, 0) is 19.1 Å². The van der Waals surface area contributed by atoms with E-state index in [4.69, 9.17) is 9.47 Å². The number of rotatable bonds is 3. The zero-order valence-corrected chi connectivity index (χ0v) is 9.50. The number of nitrogens with one attached hydrogen (secondary N) is 1. The van der Waals surface area contributed by atoms with Crippen LogP contribution >= 0.6 is 0 Å². The van der Waals surface area contributed by atoms with Crippen LogP contribution in [-0.2, 0) is 0 Å². The molecule has 16 heavy (non-hydrogen) atoms. The summed E-state index contributed by atoms with van der Waals surface area (Å²) in [4.78, 5) is 7.26. The number of aromatic nitrogens is 2. The minimum absolute atomic E-state index is 0.739. The molecule has 1 N–H and O–H groups in total. The first kappa shape index (κ1) is 10.5. The van der Waals surface area contributed by atoms with Crippen molar-refractivity contribution in [3.05, 3.63) is 30.1 Å². The second kappa shape index (κ2) is 4.26. The zero-order valence-electron chi connectivity index (χ0n) is 9.50. The monoisotopic (exact) mass is 217 g/mol. The Labute approximate surface area is 94.2 Å². The van der Waals surface area contributed by atoms with Gasteiger partial charge in [-0.3, -0.25) is 0 Å². The molecule has 0 atom stereocenters. The first-order valence-corrected chi connectivity index (χ1v) is 4.90. The molecule has 0 aliphatic heterocycles. The van der Waals surface area contributed by atoms with E-state index in [0.717, 1.165) is 28.6 Å². The van der Waals surface area contributed by atoms with Crippen LogP contribution in [0, 0.1) is 13.1 Å². The number of hydrogen-bond donors (Lipinski definition) is 1. The Morgan fingerprint density at radius 1 is 1.12 bits per heavy atom. The van der Waals surface area contributed by atoms with Crippen LogP contribution < -0.4 is 9.47 Å². The van der Waals surface area contributed by atoms with E-state index < -0.39 is 0 Å². The van der Waals surface area contributed by atoms with Gasteiger partial charge < -0.3 is 14.5 Å².